The Balaban J connectivity index is 1.83. The Kier molecular flexibility index (Phi) is 3.69. The first kappa shape index (κ1) is 12.7. The molecule has 2 heterocycles. The van der Waals surface area contributed by atoms with Gasteiger partial charge in [-0.05, 0) is 31.2 Å². The Morgan fingerprint density at radius 3 is 2.80 bits per heavy atom. The Morgan fingerprint density at radius 2 is 1.95 bits per heavy atom. The normalized spacial score (nSPS) is 11.1. The quantitative estimate of drug-likeness (QED) is 0.697. The molecule has 0 radical (unpaired) electrons. The number of imidazole rings is 1. The van der Waals surface area contributed by atoms with Crippen molar-refractivity contribution >= 4 is 11.0 Å². The SMILES string of the molecule is CCCNCc1cnc(-c2ccc3nccnc3c2)[nH]1. The van der Waals surface area contributed by atoms with Crippen LogP contribution in [0, 0.1) is 0 Å². The van der Waals surface area contributed by atoms with E-state index in [-0.39, 0.29) is 0 Å². The van der Waals surface area contributed by atoms with Gasteiger partial charge in [0.05, 0.1) is 11.0 Å². The molecule has 0 aliphatic carbocycles. The average molecular weight is 267 g/mol. The van der Waals surface area contributed by atoms with Gasteiger partial charge in [-0.25, -0.2) is 4.98 Å². The highest BCUT2D eigenvalue weighted by Crippen LogP contribution is 2.19. The van der Waals surface area contributed by atoms with E-state index in [1.54, 1.807) is 12.4 Å². The van der Waals surface area contributed by atoms with Crippen LogP contribution in [0.1, 0.15) is 19.0 Å². The van der Waals surface area contributed by atoms with Crippen LogP contribution in [-0.4, -0.2) is 26.5 Å². The molecule has 20 heavy (non-hydrogen) atoms. The highest BCUT2D eigenvalue weighted by atomic mass is 15.0. The van der Waals surface area contributed by atoms with Crippen LogP contribution in [0.5, 0.6) is 0 Å². The van der Waals surface area contributed by atoms with Crippen molar-refractivity contribution in [1.82, 2.24) is 25.3 Å². The summed E-state index contributed by atoms with van der Waals surface area (Å²) in [5.41, 5.74) is 3.90. The number of hydrogen-bond acceptors (Lipinski definition) is 4. The first-order valence-corrected chi connectivity index (χ1v) is 6.82. The summed E-state index contributed by atoms with van der Waals surface area (Å²) in [5, 5.41) is 3.35. The number of hydrogen-bond donors (Lipinski definition) is 2. The summed E-state index contributed by atoms with van der Waals surface area (Å²) < 4.78 is 0. The second-order valence-electron chi connectivity index (χ2n) is 4.69. The lowest BCUT2D eigenvalue weighted by molar-refractivity contribution is 0.667. The molecule has 0 amide bonds. The molecule has 0 unspecified atom stereocenters. The van der Waals surface area contributed by atoms with Crippen LogP contribution in [0.25, 0.3) is 22.4 Å². The van der Waals surface area contributed by atoms with Crippen LogP contribution in [0.15, 0.2) is 36.8 Å². The number of aromatic nitrogens is 4. The third-order valence-electron chi connectivity index (χ3n) is 3.11. The van der Waals surface area contributed by atoms with E-state index in [1.807, 2.05) is 24.4 Å². The van der Waals surface area contributed by atoms with Crippen molar-refractivity contribution in [3.63, 3.8) is 0 Å². The largest absolute Gasteiger partial charge is 0.341 e. The number of benzene rings is 1. The zero-order valence-electron chi connectivity index (χ0n) is 11.4. The third-order valence-corrected chi connectivity index (χ3v) is 3.11. The number of H-pyrrole nitrogens is 1. The fourth-order valence-corrected chi connectivity index (χ4v) is 2.11. The third kappa shape index (κ3) is 2.67. The summed E-state index contributed by atoms with van der Waals surface area (Å²) in [6, 6.07) is 5.98. The van der Waals surface area contributed by atoms with E-state index in [0.717, 1.165) is 47.6 Å². The molecule has 5 nitrogen and oxygen atoms in total. The minimum Gasteiger partial charge on any atom is -0.341 e. The Morgan fingerprint density at radius 1 is 1.10 bits per heavy atom. The summed E-state index contributed by atoms with van der Waals surface area (Å²) in [7, 11) is 0. The van der Waals surface area contributed by atoms with Gasteiger partial charge in [0.15, 0.2) is 0 Å². The van der Waals surface area contributed by atoms with Crippen LogP contribution in [-0.2, 0) is 6.54 Å². The summed E-state index contributed by atoms with van der Waals surface area (Å²) in [6.07, 6.45) is 6.41. The van der Waals surface area contributed by atoms with Crippen LogP contribution in [0.3, 0.4) is 0 Å². The average Bonchev–Trinajstić information content (AvgIpc) is 2.96. The summed E-state index contributed by atoms with van der Waals surface area (Å²) in [5.74, 6) is 0.867. The van der Waals surface area contributed by atoms with Gasteiger partial charge in [-0.1, -0.05) is 6.92 Å². The number of rotatable bonds is 5. The molecule has 0 fully saturated rings. The lowest BCUT2D eigenvalue weighted by Gasteiger charge is -2.01. The molecule has 0 spiro atoms. The lowest BCUT2D eigenvalue weighted by Crippen LogP contribution is -2.13. The van der Waals surface area contributed by atoms with E-state index in [9.17, 15) is 0 Å². The maximum atomic E-state index is 4.43. The molecular weight excluding hydrogens is 250 g/mol. The van der Waals surface area contributed by atoms with Gasteiger partial charge >= 0.3 is 0 Å². The predicted octanol–water partition coefficient (Wildman–Crippen LogP) is 2.52. The lowest BCUT2D eigenvalue weighted by atomic mass is 10.2. The van der Waals surface area contributed by atoms with Crippen LogP contribution in [0.4, 0.5) is 0 Å². The summed E-state index contributed by atoms with van der Waals surface area (Å²) in [6.45, 7) is 3.98. The standard InChI is InChI=1S/C15H17N5/c1-2-5-16-9-12-10-19-15(20-12)11-3-4-13-14(8-11)18-7-6-17-13/h3-4,6-8,10,16H,2,5,9H2,1H3,(H,19,20). The topological polar surface area (TPSA) is 66.5 Å². The van der Waals surface area contributed by atoms with Gasteiger partial charge in [-0.15, -0.1) is 0 Å². The summed E-state index contributed by atoms with van der Waals surface area (Å²) >= 11 is 0. The van der Waals surface area contributed by atoms with Crippen LogP contribution < -0.4 is 5.32 Å². The van der Waals surface area contributed by atoms with E-state index in [4.69, 9.17) is 0 Å². The van der Waals surface area contributed by atoms with Crippen molar-refractivity contribution in [2.75, 3.05) is 6.54 Å². The molecule has 0 aliphatic rings. The minimum atomic E-state index is 0.814. The molecule has 0 aliphatic heterocycles. The highest BCUT2D eigenvalue weighted by Gasteiger charge is 2.05. The van der Waals surface area contributed by atoms with Crippen LogP contribution in [0.2, 0.25) is 0 Å². The van der Waals surface area contributed by atoms with Gasteiger partial charge in [0, 0.05) is 36.4 Å². The first-order valence-electron chi connectivity index (χ1n) is 6.82. The maximum absolute atomic E-state index is 4.43. The van der Waals surface area contributed by atoms with E-state index >= 15 is 0 Å². The van der Waals surface area contributed by atoms with Gasteiger partial charge < -0.3 is 10.3 Å². The van der Waals surface area contributed by atoms with Gasteiger partial charge in [0.25, 0.3) is 0 Å². The molecule has 2 aromatic heterocycles. The van der Waals surface area contributed by atoms with Crippen molar-refractivity contribution in [3.8, 4) is 11.4 Å². The fraction of sp³-hybridized carbons (Fsp3) is 0.267. The molecular formula is C15H17N5. The Labute approximate surface area is 117 Å². The molecule has 102 valence electrons. The van der Waals surface area contributed by atoms with Crippen LogP contribution >= 0.6 is 0 Å². The second-order valence-corrected chi connectivity index (χ2v) is 4.69. The van der Waals surface area contributed by atoms with Crippen molar-refractivity contribution in [1.29, 1.82) is 0 Å². The molecule has 5 heteroatoms. The van der Waals surface area contributed by atoms with Gasteiger partial charge in [0.1, 0.15) is 5.82 Å². The molecule has 0 bridgehead atoms. The number of nitrogens with one attached hydrogen (secondary N) is 2. The van der Waals surface area contributed by atoms with Gasteiger partial charge in [-0.3, -0.25) is 9.97 Å². The zero-order chi connectivity index (χ0) is 13.8. The monoisotopic (exact) mass is 267 g/mol. The first-order chi connectivity index (χ1) is 9.86. The minimum absolute atomic E-state index is 0.814. The zero-order valence-corrected chi connectivity index (χ0v) is 11.4. The molecule has 3 rings (SSSR count). The highest BCUT2D eigenvalue weighted by molar-refractivity contribution is 5.79. The maximum Gasteiger partial charge on any atom is 0.137 e. The molecule has 2 N–H and O–H groups in total. The Hall–Kier alpha value is -2.27. The number of nitrogens with zero attached hydrogens (tertiary/aromatic N) is 3. The molecule has 0 saturated heterocycles. The van der Waals surface area contributed by atoms with Crippen molar-refractivity contribution in [3.05, 3.63) is 42.5 Å². The molecule has 1 aromatic carbocycles. The van der Waals surface area contributed by atoms with E-state index in [0.29, 0.717) is 0 Å². The van der Waals surface area contributed by atoms with Crippen molar-refractivity contribution in [2.24, 2.45) is 0 Å². The molecule has 3 aromatic rings. The molecule has 0 saturated carbocycles. The van der Waals surface area contributed by atoms with E-state index in [2.05, 4.69) is 32.2 Å². The van der Waals surface area contributed by atoms with E-state index < -0.39 is 0 Å². The number of fused-ring (bicyclic) bond motifs is 1. The fourth-order valence-electron chi connectivity index (χ4n) is 2.11. The predicted molar refractivity (Wildman–Crippen MR) is 79.1 cm³/mol. The second kappa shape index (κ2) is 5.79. The van der Waals surface area contributed by atoms with Crippen molar-refractivity contribution < 1.29 is 0 Å². The van der Waals surface area contributed by atoms with Gasteiger partial charge in [-0.2, -0.15) is 0 Å². The van der Waals surface area contributed by atoms with Gasteiger partial charge in [0.2, 0.25) is 0 Å². The summed E-state index contributed by atoms with van der Waals surface area (Å²) in [4.78, 5) is 16.3. The Bertz CT molecular complexity index is 704. The smallest absolute Gasteiger partial charge is 0.137 e. The molecule has 0 atom stereocenters. The number of aromatic amines is 1. The van der Waals surface area contributed by atoms with Crippen molar-refractivity contribution in [2.45, 2.75) is 19.9 Å². The van der Waals surface area contributed by atoms with E-state index in [1.165, 1.54) is 0 Å².